The maximum Gasteiger partial charge on any atom is 0.416 e. The van der Waals surface area contributed by atoms with Crippen LogP contribution < -0.4 is 4.90 Å². The number of alkyl halides is 3. The van der Waals surface area contributed by atoms with Crippen LogP contribution in [0.4, 0.5) is 18.9 Å². The highest BCUT2D eigenvalue weighted by Crippen LogP contribution is 2.53. The quantitative estimate of drug-likeness (QED) is 0.450. The average molecular weight is 434 g/mol. The van der Waals surface area contributed by atoms with E-state index in [9.17, 15) is 13.2 Å². The van der Waals surface area contributed by atoms with Crippen LogP contribution in [-0.2, 0) is 16.3 Å². The number of benzene rings is 2. The van der Waals surface area contributed by atoms with Crippen LogP contribution in [0, 0.1) is 0 Å². The molecule has 2 aromatic rings. The Hall–Kier alpha value is -2.01. The van der Waals surface area contributed by atoms with Crippen molar-refractivity contribution in [3.8, 4) is 11.1 Å². The Morgan fingerprint density at radius 1 is 0.806 bits per heavy atom. The summed E-state index contributed by atoms with van der Waals surface area (Å²) in [5, 5.41) is 0. The van der Waals surface area contributed by atoms with Crippen molar-refractivity contribution in [2.75, 3.05) is 4.90 Å². The number of hydrogen-bond donors (Lipinski definition) is 0. The molecule has 1 heterocycles. The highest BCUT2D eigenvalue weighted by molar-refractivity contribution is 5.86. The second kappa shape index (κ2) is 7.26. The Morgan fingerprint density at radius 2 is 1.42 bits per heavy atom. The van der Waals surface area contributed by atoms with E-state index in [4.69, 9.17) is 4.74 Å². The van der Waals surface area contributed by atoms with Gasteiger partial charge in [-0.1, -0.05) is 39.0 Å². The standard InChI is InChI=1S/C26H34F3NO/c1-23(2,3)16-13-14-20-18(15-16)17-11-10-12-19(26(27,28)29)21(17)22(31-25(7,8)9)30(20)24(4,5)6/h10-15,22H,1-9H3. The van der Waals surface area contributed by atoms with Crippen molar-refractivity contribution in [1.29, 1.82) is 0 Å². The SMILES string of the molecule is CC(C)(C)OC1c2c(cccc2C(F)(F)F)-c2cc(C(C)(C)C)ccc2N1C(C)(C)C. The Kier molecular flexibility index (Phi) is 5.54. The smallest absolute Gasteiger partial charge is 0.348 e. The monoisotopic (exact) mass is 433 g/mol. The largest absolute Gasteiger partial charge is 0.416 e. The van der Waals surface area contributed by atoms with Crippen LogP contribution >= 0.6 is 0 Å². The predicted molar refractivity (Wildman–Crippen MR) is 121 cm³/mol. The van der Waals surface area contributed by atoms with Gasteiger partial charge in [0.1, 0.15) is 0 Å². The van der Waals surface area contributed by atoms with Gasteiger partial charge in [0.2, 0.25) is 0 Å². The van der Waals surface area contributed by atoms with E-state index in [2.05, 4.69) is 26.8 Å². The summed E-state index contributed by atoms with van der Waals surface area (Å²) in [5.74, 6) is 0. The van der Waals surface area contributed by atoms with E-state index in [0.717, 1.165) is 22.9 Å². The van der Waals surface area contributed by atoms with E-state index in [1.807, 2.05) is 58.6 Å². The Balaban J connectivity index is 2.43. The molecule has 2 nitrogen and oxygen atoms in total. The summed E-state index contributed by atoms with van der Waals surface area (Å²) < 4.78 is 48.9. The second-order valence-corrected chi connectivity index (χ2v) is 11.4. The molecule has 0 spiro atoms. The number of nitrogens with zero attached hydrogens (tertiary/aromatic N) is 1. The minimum Gasteiger partial charge on any atom is -0.348 e. The van der Waals surface area contributed by atoms with Gasteiger partial charge in [0, 0.05) is 22.4 Å². The number of fused-ring (bicyclic) bond motifs is 3. The summed E-state index contributed by atoms with van der Waals surface area (Å²) in [6, 6.07) is 10.6. The highest BCUT2D eigenvalue weighted by atomic mass is 19.4. The van der Waals surface area contributed by atoms with Gasteiger partial charge in [-0.05, 0) is 76.3 Å². The summed E-state index contributed by atoms with van der Waals surface area (Å²) in [5.41, 5.74) is 1.71. The molecule has 0 radical (unpaired) electrons. The average Bonchev–Trinajstić information content (AvgIpc) is 2.56. The fourth-order valence-corrected chi connectivity index (χ4v) is 4.16. The minimum absolute atomic E-state index is 0.123. The first-order chi connectivity index (χ1) is 13.9. The normalized spacial score (nSPS) is 17.4. The number of hydrogen-bond acceptors (Lipinski definition) is 2. The van der Waals surface area contributed by atoms with Gasteiger partial charge in [0.15, 0.2) is 6.23 Å². The van der Waals surface area contributed by atoms with E-state index >= 15 is 0 Å². The zero-order chi connectivity index (χ0) is 23.6. The van der Waals surface area contributed by atoms with Crippen molar-refractivity contribution in [3.05, 3.63) is 53.1 Å². The van der Waals surface area contributed by atoms with E-state index in [0.29, 0.717) is 5.56 Å². The second-order valence-electron chi connectivity index (χ2n) is 11.4. The molecule has 1 aliphatic rings. The maximum absolute atomic E-state index is 14.2. The van der Waals surface area contributed by atoms with Crippen molar-refractivity contribution in [2.24, 2.45) is 0 Å². The third kappa shape index (κ3) is 4.62. The molecule has 0 fully saturated rings. The fourth-order valence-electron chi connectivity index (χ4n) is 4.16. The van der Waals surface area contributed by atoms with Gasteiger partial charge in [-0.3, -0.25) is 0 Å². The van der Waals surface area contributed by atoms with E-state index in [-0.39, 0.29) is 11.0 Å². The van der Waals surface area contributed by atoms with Crippen molar-refractivity contribution >= 4 is 5.69 Å². The molecule has 0 bridgehead atoms. The van der Waals surface area contributed by atoms with Gasteiger partial charge in [-0.25, -0.2) is 0 Å². The van der Waals surface area contributed by atoms with Crippen molar-refractivity contribution < 1.29 is 17.9 Å². The van der Waals surface area contributed by atoms with Gasteiger partial charge < -0.3 is 9.64 Å². The van der Waals surface area contributed by atoms with Crippen LogP contribution in [0.25, 0.3) is 11.1 Å². The molecule has 1 atom stereocenters. The molecule has 1 unspecified atom stereocenters. The van der Waals surface area contributed by atoms with Gasteiger partial charge >= 0.3 is 6.18 Å². The summed E-state index contributed by atoms with van der Waals surface area (Å²) >= 11 is 0. The van der Waals surface area contributed by atoms with Crippen LogP contribution in [0.15, 0.2) is 36.4 Å². The van der Waals surface area contributed by atoms with Crippen molar-refractivity contribution in [3.63, 3.8) is 0 Å². The van der Waals surface area contributed by atoms with Crippen LogP contribution in [-0.4, -0.2) is 11.1 Å². The van der Waals surface area contributed by atoms with Gasteiger partial charge in [0.25, 0.3) is 0 Å². The van der Waals surface area contributed by atoms with Crippen LogP contribution in [0.1, 0.15) is 85.2 Å². The number of ether oxygens (including phenoxy) is 1. The van der Waals surface area contributed by atoms with Gasteiger partial charge in [-0.2, -0.15) is 13.2 Å². The van der Waals surface area contributed by atoms with Crippen LogP contribution in [0.2, 0.25) is 0 Å². The lowest BCUT2D eigenvalue weighted by Gasteiger charge is -2.49. The topological polar surface area (TPSA) is 12.5 Å². The number of rotatable bonds is 1. The van der Waals surface area contributed by atoms with E-state index in [1.54, 1.807) is 6.07 Å². The first kappa shape index (κ1) is 23.6. The molecule has 2 aromatic carbocycles. The molecule has 170 valence electrons. The number of halogens is 3. The highest BCUT2D eigenvalue weighted by Gasteiger charge is 2.45. The van der Waals surface area contributed by atoms with Crippen molar-refractivity contribution in [2.45, 2.75) is 91.3 Å². The molecule has 5 heteroatoms. The summed E-state index contributed by atoms with van der Waals surface area (Å²) in [4.78, 5) is 2.00. The lowest BCUT2D eigenvalue weighted by Crippen LogP contribution is -2.49. The van der Waals surface area contributed by atoms with Gasteiger partial charge in [-0.15, -0.1) is 0 Å². The first-order valence-electron chi connectivity index (χ1n) is 10.7. The number of anilines is 1. The third-order valence-corrected chi connectivity index (χ3v) is 5.49. The maximum atomic E-state index is 14.2. The molecular weight excluding hydrogens is 399 g/mol. The van der Waals surface area contributed by atoms with E-state index < -0.39 is 29.1 Å². The van der Waals surface area contributed by atoms with Gasteiger partial charge in [0.05, 0.1) is 11.2 Å². The van der Waals surface area contributed by atoms with E-state index in [1.165, 1.54) is 6.07 Å². The molecule has 0 amide bonds. The molecule has 0 saturated carbocycles. The molecule has 3 rings (SSSR count). The molecule has 0 aliphatic carbocycles. The summed E-state index contributed by atoms with van der Waals surface area (Å²) in [7, 11) is 0. The molecular formula is C26H34F3NO. The summed E-state index contributed by atoms with van der Waals surface area (Å²) in [6.07, 6.45) is -5.34. The Bertz CT molecular complexity index is 972. The predicted octanol–water partition coefficient (Wildman–Crippen LogP) is 8.10. The molecule has 0 aromatic heterocycles. The molecule has 1 aliphatic heterocycles. The molecule has 0 saturated heterocycles. The lowest BCUT2D eigenvalue weighted by molar-refractivity contribution is -0.141. The lowest BCUT2D eigenvalue weighted by atomic mass is 9.81. The summed E-state index contributed by atoms with van der Waals surface area (Å²) in [6.45, 7) is 18.0. The van der Waals surface area contributed by atoms with Crippen LogP contribution in [0.3, 0.4) is 0 Å². The zero-order valence-electron chi connectivity index (χ0n) is 20.0. The Labute approximate surface area is 184 Å². The fraction of sp³-hybridized carbons (Fsp3) is 0.538. The molecule has 31 heavy (non-hydrogen) atoms. The molecule has 0 N–H and O–H groups in total. The third-order valence-electron chi connectivity index (χ3n) is 5.49. The zero-order valence-corrected chi connectivity index (χ0v) is 20.0. The Morgan fingerprint density at radius 3 is 1.90 bits per heavy atom. The first-order valence-corrected chi connectivity index (χ1v) is 10.7. The van der Waals surface area contributed by atoms with Crippen molar-refractivity contribution in [1.82, 2.24) is 0 Å². The minimum atomic E-state index is -4.48. The van der Waals surface area contributed by atoms with Crippen LogP contribution in [0.5, 0.6) is 0 Å².